The van der Waals surface area contributed by atoms with Crippen molar-refractivity contribution in [3.63, 3.8) is 0 Å². The lowest BCUT2D eigenvalue weighted by Gasteiger charge is -2.19. The number of carboxylic acid groups (broad SMARTS) is 1. The molecular formula is C16H20N2O5. The van der Waals surface area contributed by atoms with Crippen molar-refractivity contribution in [3.8, 4) is 0 Å². The Morgan fingerprint density at radius 3 is 2.65 bits per heavy atom. The molecule has 7 heteroatoms. The summed E-state index contributed by atoms with van der Waals surface area (Å²) in [6.45, 7) is 7.18. The van der Waals surface area contributed by atoms with Gasteiger partial charge < -0.3 is 14.3 Å². The van der Waals surface area contributed by atoms with Crippen LogP contribution in [0.15, 0.2) is 16.7 Å². The van der Waals surface area contributed by atoms with Crippen LogP contribution in [0.1, 0.15) is 50.2 Å². The number of fused-ring (bicyclic) bond motifs is 1. The van der Waals surface area contributed by atoms with E-state index in [1.807, 2.05) is 6.92 Å². The molecule has 2 aromatic rings. The summed E-state index contributed by atoms with van der Waals surface area (Å²) in [4.78, 5) is 27.5. The van der Waals surface area contributed by atoms with E-state index in [1.54, 1.807) is 33.0 Å². The Labute approximate surface area is 133 Å². The SMILES string of the molecule is CCCc1cnc2c(NC(=O)OC(C)(C)C)c(C(=O)O)oc2c1. The van der Waals surface area contributed by atoms with Crippen LogP contribution >= 0.6 is 0 Å². The second-order valence-electron chi connectivity index (χ2n) is 6.18. The molecule has 0 aliphatic rings. The van der Waals surface area contributed by atoms with Gasteiger partial charge in [0, 0.05) is 6.20 Å². The van der Waals surface area contributed by atoms with Gasteiger partial charge in [0.05, 0.1) is 0 Å². The largest absolute Gasteiger partial charge is 0.475 e. The minimum atomic E-state index is -1.29. The van der Waals surface area contributed by atoms with Crippen molar-refractivity contribution in [3.05, 3.63) is 23.6 Å². The van der Waals surface area contributed by atoms with Crippen molar-refractivity contribution in [1.29, 1.82) is 0 Å². The number of hydrogen-bond donors (Lipinski definition) is 2. The molecule has 0 bridgehead atoms. The Morgan fingerprint density at radius 2 is 2.09 bits per heavy atom. The third-order valence-electron chi connectivity index (χ3n) is 2.94. The van der Waals surface area contributed by atoms with Gasteiger partial charge in [-0.05, 0) is 38.8 Å². The van der Waals surface area contributed by atoms with E-state index in [0.717, 1.165) is 18.4 Å². The van der Waals surface area contributed by atoms with Crippen LogP contribution in [0.4, 0.5) is 10.5 Å². The summed E-state index contributed by atoms with van der Waals surface area (Å²) >= 11 is 0. The van der Waals surface area contributed by atoms with Gasteiger partial charge in [-0.1, -0.05) is 13.3 Å². The maximum Gasteiger partial charge on any atom is 0.412 e. The van der Waals surface area contributed by atoms with E-state index in [0.29, 0.717) is 5.58 Å². The topological polar surface area (TPSA) is 102 Å². The number of nitrogens with zero attached hydrogens (tertiary/aromatic N) is 1. The fraction of sp³-hybridized carbons (Fsp3) is 0.438. The summed E-state index contributed by atoms with van der Waals surface area (Å²) in [6, 6.07) is 1.73. The summed E-state index contributed by atoms with van der Waals surface area (Å²) in [5, 5.41) is 11.7. The van der Waals surface area contributed by atoms with Gasteiger partial charge in [-0.25, -0.2) is 9.59 Å². The zero-order valence-corrected chi connectivity index (χ0v) is 13.6. The summed E-state index contributed by atoms with van der Waals surface area (Å²) in [5.41, 5.74) is 0.848. The molecule has 124 valence electrons. The van der Waals surface area contributed by atoms with Crippen LogP contribution in [0, 0.1) is 0 Å². The van der Waals surface area contributed by atoms with Crippen molar-refractivity contribution >= 4 is 28.8 Å². The number of ether oxygens (including phenoxy) is 1. The molecule has 2 aromatic heterocycles. The fourth-order valence-corrected chi connectivity index (χ4v) is 2.12. The Hall–Kier alpha value is -2.57. The molecule has 23 heavy (non-hydrogen) atoms. The molecule has 1 amide bonds. The van der Waals surface area contributed by atoms with Gasteiger partial charge in [-0.2, -0.15) is 0 Å². The first kappa shape index (κ1) is 16.8. The fourth-order valence-electron chi connectivity index (χ4n) is 2.12. The number of aryl methyl sites for hydroxylation is 1. The Kier molecular flexibility index (Phi) is 4.58. The number of carbonyl (C=O) groups excluding carboxylic acids is 1. The normalized spacial score (nSPS) is 11.5. The molecule has 7 nitrogen and oxygen atoms in total. The molecule has 0 fully saturated rings. The molecule has 2 heterocycles. The number of aromatic nitrogens is 1. The van der Waals surface area contributed by atoms with Gasteiger partial charge in [0.25, 0.3) is 0 Å². The van der Waals surface area contributed by atoms with E-state index in [-0.39, 0.29) is 17.0 Å². The second-order valence-corrected chi connectivity index (χ2v) is 6.18. The Bertz CT molecular complexity index is 743. The number of pyridine rings is 1. The predicted molar refractivity (Wildman–Crippen MR) is 84.8 cm³/mol. The quantitative estimate of drug-likeness (QED) is 0.887. The lowest BCUT2D eigenvalue weighted by molar-refractivity contribution is 0.0635. The Balaban J connectivity index is 2.42. The maximum absolute atomic E-state index is 11.9. The third-order valence-corrected chi connectivity index (χ3v) is 2.94. The van der Waals surface area contributed by atoms with Gasteiger partial charge in [-0.3, -0.25) is 10.3 Å². The molecular weight excluding hydrogens is 300 g/mol. The Morgan fingerprint density at radius 1 is 1.39 bits per heavy atom. The molecule has 0 unspecified atom stereocenters. The highest BCUT2D eigenvalue weighted by atomic mass is 16.6. The first-order valence-corrected chi connectivity index (χ1v) is 7.36. The molecule has 2 N–H and O–H groups in total. The lowest BCUT2D eigenvalue weighted by atomic mass is 10.1. The zero-order chi connectivity index (χ0) is 17.2. The minimum Gasteiger partial charge on any atom is -0.475 e. The van der Waals surface area contributed by atoms with Gasteiger partial charge in [0.2, 0.25) is 5.76 Å². The third kappa shape index (κ3) is 4.00. The lowest BCUT2D eigenvalue weighted by Crippen LogP contribution is -2.27. The van der Waals surface area contributed by atoms with E-state index in [4.69, 9.17) is 9.15 Å². The van der Waals surface area contributed by atoms with Crippen molar-refractivity contribution in [2.45, 2.75) is 46.1 Å². The number of aromatic carboxylic acids is 1. The van der Waals surface area contributed by atoms with Crippen molar-refractivity contribution < 1.29 is 23.8 Å². The number of nitrogens with one attached hydrogen (secondary N) is 1. The molecule has 0 radical (unpaired) electrons. The number of rotatable bonds is 4. The number of amides is 1. The number of carbonyl (C=O) groups is 2. The van der Waals surface area contributed by atoms with Crippen LogP contribution in [-0.4, -0.2) is 27.8 Å². The van der Waals surface area contributed by atoms with E-state index in [2.05, 4.69) is 10.3 Å². The summed E-state index contributed by atoms with van der Waals surface area (Å²) < 4.78 is 10.5. The van der Waals surface area contributed by atoms with Crippen molar-refractivity contribution in [1.82, 2.24) is 4.98 Å². The minimum absolute atomic E-state index is 0.00444. The monoisotopic (exact) mass is 320 g/mol. The van der Waals surface area contributed by atoms with Gasteiger partial charge in [0.1, 0.15) is 16.8 Å². The molecule has 0 aliphatic heterocycles. The van der Waals surface area contributed by atoms with Crippen LogP contribution in [0.25, 0.3) is 11.1 Å². The molecule has 0 aromatic carbocycles. The number of anilines is 1. The van der Waals surface area contributed by atoms with Crippen molar-refractivity contribution in [2.75, 3.05) is 5.32 Å². The van der Waals surface area contributed by atoms with Crippen LogP contribution in [0.3, 0.4) is 0 Å². The maximum atomic E-state index is 11.9. The molecule has 0 aliphatic carbocycles. The molecule has 2 rings (SSSR count). The molecule has 0 saturated carbocycles. The van der Waals surface area contributed by atoms with E-state index in [9.17, 15) is 14.7 Å². The second kappa shape index (κ2) is 6.28. The average Bonchev–Trinajstić information content (AvgIpc) is 2.75. The summed E-state index contributed by atoms with van der Waals surface area (Å²) in [7, 11) is 0. The van der Waals surface area contributed by atoms with Crippen LogP contribution in [0.2, 0.25) is 0 Å². The van der Waals surface area contributed by atoms with Crippen LogP contribution in [0.5, 0.6) is 0 Å². The van der Waals surface area contributed by atoms with Gasteiger partial charge >= 0.3 is 12.1 Å². The van der Waals surface area contributed by atoms with E-state index >= 15 is 0 Å². The molecule has 0 saturated heterocycles. The standard InChI is InChI=1S/C16H20N2O5/c1-5-6-9-7-10-11(17-8-9)12(13(22-10)14(19)20)18-15(21)23-16(2,3)4/h7-8H,5-6H2,1-4H3,(H,18,21)(H,19,20). The van der Waals surface area contributed by atoms with Gasteiger partial charge in [-0.15, -0.1) is 0 Å². The smallest absolute Gasteiger partial charge is 0.412 e. The number of carboxylic acids is 1. The van der Waals surface area contributed by atoms with Crippen LogP contribution < -0.4 is 5.32 Å². The number of furan rings is 1. The van der Waals surface area contributed by atoms with Gasteiger partial charge in [0.15, 0.2) is 5.58 Å². The predicted octanol–water partition coefficient (Wildman–Crippen LogP) is 3.83. The van der Waals surface area contributed by atoms with E-state index < -0.39 is 17.7 Å². The number of hydrogen-bond acceptors (Lipinski definition) is 5. The first-order valence-electron chi connectivity index (χ1n) is 7.36. The van der Waals surface area contributed by atoms with Crippen LogP contribution in [-0.2, 0) is 11.2 Å². The summed E-state index contributed by atoms with van der Waals surface area (Å²) in [5.74, 6) is -1.65. The highest BCUT2D eigenvalue weighted by Crippen LogP contribution is 2.30. The highest BCUT2D eigenvalue weighted by molar-refractivity contribution is 6.06. The van der Waals surface area contributed by atoms with Crippen molar-refractivity contribution in [2.24, 2.45) is 0 Å². The zero-order valence-electron chi connectivity index (χ0n) is 13.6. The van der Waals surface area contributed by atoms with E-state index in [1.165, 1.54) is 0 Å². The summed E-state index contributed by atoms with van der Waals surface area (Å²) in [6.07, 6.45) is 2.62. The highest BCUT2D eigenvalue weighted by Gasteiger charge is 2.25. The molecule has 0 atom stereocenters. The molecule has 0 spiro atoms. The average molecular weight is 320 g/mol. The first-order chi connectivity index (χ1) is 10.7.